The number of esters is 1. The molecule has 0 aliphatic heterocycles. The van der Waals surface area contributed by atoms with Crippen LogP contribution < -0.4 is 15.8 Å². The number of carbonyl (C=O) groups excluding carboxylic acids is 2. The van der Waals surface area contributed by atoms with Gasteiger partial charge in [0.05, 0.1) is 25.3 Å². The van der Waals surface area contributed by atoms with Crippen LogP contribution in [0.4, 0.5) is 5.69 Å². The van der Waals surface area contributed by atoms with E-state index in [1.807, 2.05) is 6.07 Å². The number of hydrogen-bond donors (Lipinski definition) is 2. The molecule has 0 bridgehead atoms. The van der Waals surface area contributed by atoms with Crippen molar-refractivity contribution < 1.29 is 19.1 Å². The molecule has 0 heterocycles. The van der Waals surface area contributed by atoms with Crippen LogP contribution in [0.2, 0.25) is 0 Å². The molecule has 0 aromatic heterocycles. The Morgan fingerprint density at radius 3 is 2.85 bits per heavy atom. The van der Waals surface area contributed by atoms with E-state index in [-0.39, 0.29) is 24.3 Å². The molecule has 0 radical (unpaired) electrons. The summed E-state index contributed by atoms with van der Waals surface area (Å²) in [6.45, 7) is -0.212. The number of nitrogens with one attached hydrogen (secondary N) is 1. The lowest BCUT2D eigenvalue weighted by Gasteiger charge is -2.10. The Bertz CT molecular complexity index is 537. The highest BCUT2D eigenvalue weighted by molar-refractivity contribution is 5.95. The molecule has 1 aromatic rings. The number of nitrogens with zero attached hydrogens (tertiary/aromatic N) is 1. The normalized spacial score (nSPS) is 9.40. The monoisotopic (exact) mass is 277 g/mol. The highest BCUT2D eigenvalue weighted by Crippen LogP contribution is 2.26. The van der Waals surface area contributed by atoms with Gasteiger partial charge in [-0.25, -0.2) is 4.79 Å². The summed E-state index contributed by atoms with van der Waals surface area (Å²) in [5.74, 6) is -0.969. The first-order chi connectivity index (χ1) is 9.60. The SMILES string of the molecule is COc1c(N)cccc1C(=O)OCC(=O)NCCC#N. The van der Waals surface area contributed by atoms with Crippen molar-refractivity contribution in [3.8, 4) is 11.8 Å². The second-order valence-electron chi connectivity index (χ2n) is 3.76. The minimum atomic E-state index is -0.704. The minimum Gasteiger partial charge on any atom is -0.494 e. The first kappa shape index (κ1) is 15.3. The Morgan fingerprint density at radius 1 is 1.45 bits per heavy atom. The van der Waals surface area contributed by atoms with Gasteiger partial charge in [-0.15, -0.1) is 0 Å². The van der Waals surface area contributed by atoms with E-state index in [0.717, 1.165) is 0 Å². The molecular formula is C13H15N3O4. The van der Waals surface area contributed by atoms with Crippen LogP contribution in [-0.4, -0.2) is 32.1 Å². The van der Waals surface area contributed by atoms with Gasteiger partial charge < -0.3 is 20.5 Å². The van der Waals surface area contributed by atoms with E-state index in [1.54, 1.807) is 12.1 Å². The highest BCUT2D eigenvalue weighted by atomic mass is 16.5. The number of anilines is 1. The molecule has 0 saturated heterocycles. The topological polar surface area (TPSA) is 114 Å². The average molecular weight is 277 g/mol. The number of carbonyl (C=O) groups is 2. The smallest absolute Gasteiger partial charge is 0.342 e. The fourth-order valence-corrected chi connectivity index (χ4v) is 1.46. The zero-order valence-electron chi connectivity index (χ0n) is 11.0. The van der Waals surface area contributed by atoms with Crippen molar-refractivity contribution in [2.45, 2.75) is 6.42 Å². The van der Waals surface area contributed by atoms with E-state index in [2.05, 4.69) is 5.32 Å². The lowest BCUT2D eigenvalue weighted by molar-refractivity contribution is -0.124. The van der Waals surface area contributed by atoms with Crippen LogP contribution >= 0.6 is 0 Å². The van der Waals surface area contributed by atoms with E-state index >= 15 is 0 Å². The molecule has 0 aliphatic carbocycles. The van der Waals surface area contributed by atoms with Gasteiger partial charge in [0.25, 0.3) is 5.91 Å². The van der Waals surface area contributed by atoms with Crippen molar-refractivity contribution in [3.05, 3.63) is 23.8 Å². The fraction of sp³-hybridized carbons (Fsp3) is 0.308. The molecule has 1 rings (SSSR count). The second kappa shape index (κ2) is 7.63. The molecule has 7 heteroatoms. The van der Waals surface area contributed by atoms with Gasteiger partial charge in [-0.2, -0.15) is 5.26 Å². The number of para-hydroxylation sites is 1. The number of methoxy groups -OCH3 is 1. The van der Waals surface area contributed by atoms with Gasteiger partial charge in [-0.1, -0.05) is 6.07 Å². The van der Waals surface area contributed by atoms with Crippen molar-refractivity contribution >= 4 is 17.6 Å². The van der Waals surface area contributed by atoms with Crippen molar-refractivity contribution in [2.24, 2.45) is 0 Å². The number of nitrogen functional groups attached to an aromatic ring is 1. The minimum absolute atomic E-state index is 0.150. The maximum atomic E-state index is 11.8. The Balaban J connectivity index is 2.58. The summed E-state index contributed by atoms with van der Waals surface area (Å²) in [4.78, 5) is 23.1. The van der Waals surface area contributed by atoms with E-state index in [9.17, 15) is 9.59 Å². The molecule has 1 aromatic carbocycles. The second-order valence-corrected chi connectivity index (χ2v) is 3.76. The maximum absolute atomic E-state index is 11.8. The molecule has 0 spiro atoms. The highest BCUT2D eigenvalue weighted by Gasteiger charge is 2.16. The van der Waals surface area contributed by atoms with Crippen LogP contribution in [0.15, 0.2) is 18.2 Å². The molecule has 1 amide bonds. The Hall–Kier alpha value is -2.75. The molecule has 3 N–H and O–H groups in total. The zero-order chi connectivity index (χ0) is 15.0. The van der Waals surface area contributed by atoms with E-state index in [0.29, 0.717) is 5.69 Å². The first-order valence-corrected chi connectivity index (χ1v) is 5.83. The van der Waals surface area contributed by atoms with Crippen LogP contribution in [0, 0.1) is 11.3 Å². The van der Waals surface area contributed by atoms with Gasteiger partial charge in [0, 0.05) is 6.54 Å². The third-order valence-electron chi connectivity index (χ3n) is 2.36. The molecule has 0 aliphatic rings. The Kier molecular flexibility index (Phi) is 5.84. The summed E-state index contributed by atoms with van der Waals surface area (Å²) >= 11 is 0. The average Bonchev–Trinajstić information content (AvgIpc) is 2.44. The van der Waals surface area contributed by atoms with Crippen LogP contribution in [0.3, 0.4) is 0 Å². The molecule has 20 heavy (non-hydrogen) atoms. The predicted octanol–water partition coefficient (Wildman–Crippen LogP) is 0.464. The molecule has 0 atom stereocenters. The number of hydrogen-bond acceptors (Lipinski definition) is 6. The van der Waals surface area contributed by atoms with Crippen LogP contribution in [-0.2, 0) is 9.53 Å². The van der Waals surface area contributed by atoms with Gasteiger partial charge in [0.1, 0.15) is 5.56 Å². The van der Waals surface area contributed by atoms with Crippen LogP contribution in [0.5, 0.6) is 5.75 Å². The Labute approximate surface area is 116 Å². The van der Waals surface area contributed by atoms with E-state index < -0.39 is 18.5 Å². The quantitative estimate of drug-likeness (QED) is 0.443. The van der Waals surface area contributed by atoms with Crippen molar-refractivity contribution in [1.82, 2.24) is 5.32 Å². The van der Waals surface area contributed by atoms with Crippen molar-refractivity contribution in [1.29, 1.82) is 5.26 Å². The molecule has 0 unspecified atom stereocenters. The molecular weight excluding hydrogens is 262 g/mol. The van der Waals surface area contributed by atoms with Crippen LogP contribution in [0.25, 0.3) is 0 Å². The third-order valence-corrected chi connectivity index (χ3v) is 2.36. The maximum Gasteiger partial charge on any atom is 0.342 e. The number of benzene rings is 1. The lowest BCUT2D eigenvalue weighted by Crippen LogP contribution is -2.29. The fourth-order valence-electron chi connectivity index (χ4n) is 1.46. The third kappa shape index (κ3) is 4.17. The summed E-state index contributed by atoms with van der Waals surface area (Å²) in [5, 5.41) is 10.8. The number of amides is 1. The van der Waals surface area contributed by atoms with E-state index in [1.165, 1.54) is 13.2 Å². The summed E-state index contributed by atoms with van der Waals surface area (Å²) < 4.78 is 9.87. The number of nitrogens with two attached hydrogens (primary N) is 1. The predicted molar refractivity (Wildman–Crippen MR) is 70.9 cm³/mol. The van der Waals surface area contributed by atoms with Gasteiger partial charge in [-0.3, -0.25) is 4.79 Å². The summed E-state index contributed by atoms with van der Waals surface area (Å²) in [5.41, 5.74) is 6.12. The summed E-state index contributed by atoms with van der Waals surface area (Å²) in [6, 6.07) is 6.55. The van der Waals surface area contributed by atoms with Gasteiger partial charge in [0.15, 0.2) is 12.4 Å². The molecule has 0 saturated carbocycles. The van der Waals surface area contributed by atoms with E-state index in [4.69, 9.17) is 20.5 Å². The Morgan fingerprint density at radius 2 is 2.20 bits per heavy atom. The lowest BCUT2D eigenvalue weighted by atomic mass is 10.2. The van der Waals surface area contributed by atoms with Crippen molar-refractivity contribution in [2.75, 3.05) is 26.0 Å². The van der Waals surface area contributed by atoms with Gasteiger partial charge in [0.2, 0.25) is 0 Å². The number of ether oxygens (including phenoxy) is 2. The molecule has 106 valence electrons. The zero-order valence-corrected chi connectivity index (χ0v) is 11.0. The largest absolute Gasteiger partial charge is 0.494 e. The standard InChI is InChI=1S/C13H15N3O4/c1-19-12-9(4-2-5-10(12)15)13(18)20-8-11(17)16-7-3-6-14/h2,4-5H,3,7-8,15H2,1H3,(H,16,17). The van der Waals surface area contributed by atoms with Crippen LogP contribution in [0.1, 0.15) is 16.8 Å². The van der Waals surface area contributed by atoms with Crippen molar-refractivity contribution in [3.63, 3.8) is 0 Å². The van der Waals surface area contributed by atoms with Gasteiger partial charge in [-0.05, 0) is 12.1 Å². The first-order valence-electron chi connectivity index (χ1n) is 5.83. The summed E-state index contributed by atoms with van der Waals surface area (Å²) in [6.07, 6.45) is 0.197. The number of rotatable bonds is 6. The number of nitriles is 1. The molecule has 7 nitrogen and oxygen atoms in total. The summed E-state index contributed by atoms with van der Waals surface area (Å²) in [7, 11) is 1.39. The molecule has 0 fully saturated rings. The van der Waals surface area contributed by atoms with Gasteiger partial charge >= 0.3 is 5.97 Å².